The maximum Gasteiger partial charge on any atom is 0.363 e. The van der Waals surface area contributed by atoms with E-state index in [4.69, 9.17) is 5.11 Å². The van der Waals surface area contributed by atoms with Crippen LogP contribution in [0.5, 0.6) is 0 Å². The molecule has 0 fully saturated rings. The maximum atomic E-state index is 10.8. The van der Waals surface area contributed by atoms with Gasteiger partial charge in [0.1, 0.15) is 6.20 Å². The summed E-state index contributed by atoms with van der Waals surface area (Å²) < 4.78 is 1.26. The van der Waals surface area contributed by atoms with Crippen molar-refractivity contribution < 1.29 is 14.8 Å². The molecule has 19 heavy (non-hydrogen) atoms. The summed E-state index contributed by atoms with van der Waals surface area (Å²) in [6.45, 7) is 0.347. The first-order valence-corrected chi connectivity index (χ1v) is 5.42. The maximum absolute atomic E-state index is 10.8. The van der Waals surface area contributed by atoms with Gasteiger partial charge in [-0.15, -0.1) is 0 Å². The number of nitrogens with zero attached hydrogens (tertiary/aromatic N) is 4. The van der Waals surface area contributed by atoms with E-state index in [9.17, 15) is 14.9 Å². The molecule has 0 unspecified atom stereocenters. The number of hydrogen-bond donors (Lipinski definition) is 1. The standard InChI is InChI=1S/C11H10N4O4/c16-11(17)10-9(15(18)19)7-14(13-10)5-3-8-2-1-4-12-6-8/h1-2,4,6-7H,3,5H2,(H,16,17). The zero-order chi connectivity index (χ0) is 13.8. The van der Waals surface area contributed by atoms with E-state index >= 15 is 0 Å². The van der Waals surface area contributed by atoms with Crippen LogP contribution < -0.4 is 0 Å². The van der Waals surface area contributed by atoms with Crippen LogP contribution in [0.4, 0.5) is 5.69 Å². The number of aromatic nitrogens is 3. The van der Waals surface area contributed by atoms with Crippen molar-refractivity contribution in [3.63, 3.8) is 0 Å². The van der Waals surface area contributed by atoms with Gasteiger partial charge < -0.3 is 5.11 Å². The number of carbonyl (C=O) groups is 1. The Morgan fingerprint density at radius 1 is 1.53 bits per heavy atom. The molecule has 0 aromatic carbocycles. The van der Waals surface area contributed by atoms with Crippen LogP contribution in [0.25, 0.3) is 0 Å². The fourth-order valence-corrected chi connectivity index (χ4v) is 1.60. The first-order chi connectivity index (χ1) is 9.08. The topological polar surface area (TPSA) is 111 Å². The molecule has 1 N–H and O–H groups in total. The van der Waals surface area contributed by atoms with Crippen LogP contribution in [0.15, 0.2) is 30.7 Å². The Morgan fingerprint density at radius 3 is 2.84 bits per heavy atom. The molecule has 2 aromatic heterocycles. The lowest BCUT2D eigenvalue weighted by atomic mass is 10.2. The number of rotatable bonds is 5. The second kappa shape index (κ2) is 5.25. The molecule has 98 valence electrons. The molecule has 0 amide bonds. The first-order valence-electron chi connectivity index (χ1n) is 5.42. The molecular formula is C11H10N4O4. The summed E-state index contributed by atoms with van der Waals surface area (Å²) in [6.07, 6.45) is 5.01. The third-order valence-electron chi connectivity index (χ3n) is 2.49. The van der Waals surface area contributed by atoms with Crippen LogP contribution >= 0.6 is 0 Å². The Morgan fingerprint density at radius 2 is 2.32 bits per heavy atom. The molecule has 2 heterocycles. The van der Waals surface area contributed by atoms with Crippen molar-refractivity contribution in [3.05, 3.63) is 52.1 Å². The van der Waals surface area contributed by atoms with Crippen LogP contribution in [-0.4, -0.2) is 30.8 Å². The van der Waals surface area contributed by atoms with Crippen molar-refractivity contribution in [3.8, 4) is 0 Å². The summed E-state index contributed by atoms with van der Waals surface area (Å²) in [5.41, 5.74) is -0.104. The van der Waals surface area contributed by atoms with Gasteiger partial charge >= 0.3 is 11.7 Å². The average molecular weight is 262 g/mol. The molecule has 0 aliphatic carbocycles. The largest absolute Gasteiger partial charge is 0.476 e. The Bertz CT molecular complexity index is 577. The number of aromatic carboxylic acids is 1. The van der Waals surface area contributed by atoms with Crippen molar-refractivity contribution in [1.29, 1.82) is 0 Å². The SMILES string of the molecule is O=C(O)c1nn(CCc2cccnc2)cc1[N+](=O)[O-]. The third kappa shape index (κ3) is 2.92. The predicted octanol–water partition coefficient (Wildman–Crippen LogP) is 1.13. The summed E-state index contributed by atoms with van der Waals surface area (Å²) >= 11 is 0. The van der Waals surface area contributed by atoms with E-state index in [0.717, 1.165) is 11.8 Å². The lowest BCUT2D eigenvalue weighted by Gasteiger charge is -2.00. The molecule has 0 bridgehead atoms. The summed E-state index contributed by atoms with van der Waals surface area (Å²) in [5, 5.41) is 23.2. The highest BCUT2D eigenvalue weighted by atomic mass is 16.6. The lowest BCUT2D eigenvalue weighted by Crippen LogP contribution is -2.05. The second-order valence-corrected chi connectivity index (χ2v) is 3.80. The van der Waals surface area contributed by atoms with E-state index in [1.54, 1.807) is 18.5 Å². The van der Waals surface area contributed by atoms with Gasteiger partial charge in [-0.1, -0.05) is 6.07 Å². The monoisotopic (exact) mass is 262 g/mol. The highest BCUT2D eigenvalue weighted by Gasteiger charge is 2.24. The predicted molar refractivity (Wildman–Crippen MR) is 63.8 cm³/mol. The van der Waals surface area contributed by atoms with Crippen LogP contribution in [0, 0.1) is 10.1 Å². The van der Waals surface area contributed by atoms with Gasteiger partial charge in [-0.3, -0.25) is 19.8 Å². The fraction of sp³-hybridized carbons (Fsp3) is 0.182. The summed E-state index contributed by atoms with van der Waals surface area (Å²) in [6, 6.07) is 3.65. The minimum Gasteiger partial charge on any atom is -0.476 e. The molecule has 0 radical (unpaired) electrons. The van der Waals surface area contributed by atoms with E-state index < -0.39 is 22.3 Å². The smallest absolute Gasteiger partial charge is 0.363 e. The summed E-state index contributed by atoms with van der Waals surface area (Å²) in [4.78, 5) is 24.7. The minimum atomic E-state index is -1.41. The van der Waals surface area contributed by atoms with Gasteiger partial charge in [0.25, 0.3) is 0 Å². The summed E-state index contributed by atoms with van der Waals surface area (Å²) in [5.74, 6) is -1.41. The van der Waals surface area contributed by atoms with Crippen molar-refractivity contribution in [2.24, 2.45) is 0 Å². The molecule has 0 spiro atoms. The van der Waals surface area contributed by atoms with Crippen molar-refractivity contribution in [2.45, 2.75) is 13.0 Å². The number of nitro groups is 1. The number of pyridine rings is 1. The van der Waals surface area contributed by atoms with Gasteiger partial charge in [0.05, 0.1) is 4.92 Å². The lowest BCUT2D eigenvalue weighted by molar-refractivity contribution is -0.385. The quantitative estimate of drug-likeness (QED) is 0.638. The molecule has 0 saturated carbocycles. The molecule has 8 nitrogen and oxygen atoms in total. The van der Waals surface area contributed by atoms with E-state index in [2.05, 4.69) is 10.1 Å². The van der Waals surface area contributed by atoms with Gasteiger partial charge in [0.2, 0.25) is 5.69 Å². The Hall–Kier alpha value is -2.77. The van der Waals surface area contributed by atoms with Crippen molar-refractivity contribution in [2.75, 3.05) is 0 Å². The molecule has 2 rings (SSSR count). The van der Waals surface area contributed by atoms with Crippen LogP contribution in [0.1, 0.15) is 16.1 Å². The van der Waals surface area contributed by atoms with Gasteiger partial charge in [-0.2, -0.15) is 5.10 Å². The Kier molecular flexibility index (Phi) is 3.51. The van der Waals surface area contributed by atoms with Gasteiger partial charge in [0, 0.05) is 18.9 Å². The minimum absolute atomic E-state index is 0.347. The molecule has 0 atom stereocenters. The highest BCUT2D eigenvalue weighted by molar-refractivity contribution is 5.89. The van der Waals surface area contributed by atoms with Gasteiger partial charge in [0.15, 0.2) is 0 Å². The molecule has 0 aliphatic heterocycles. The first kappa shape index (κ1) is 12.7. The van der Waals surface area contributed by atoms with E-state index in [0.29, 0.717) is 13.0 Å². The van der Waals surface area contributed by atoms with Crippen LogP contribution in [0.2, 0.25) is 0 Å². The normalized spacial score (nSPS) is 10.3. The Balaban J connectivity index is 2.15. The van der Waals surface area contributed by atoms with E-state index in [1.165, 1.54) is 4.68 Å². The fourth-order valence-electron chi connectivity index (χ4n) is 1.60. The van der Waals surface area contributed by atoms with E-state index in [1.807, 2.05) is 6.07 Å². The molecule has 8 heteroatoms. The molecule has 2 aromatic rings. The number of hydrogen-bond acceptors (Lipinski definition) is 5. The van der Waals surface area contributed by atoms with Crippen LogP contribution in [0.3, 0.4) is 0 Å². The van der Waals surface area contributed by atoms with E-state index in [-0.39, 0.29) is 0 Å². The number of carboxylic acids is 1. The molecule has 0 saturated heterocycles. The zero-order valence-corrected chi connectivity index (χ0v) is 9.76. The van der Waals surface area contributed by atoms with Gasteiger partial charge in [-0.05, 0) is 18.1 Å². The molecular weight excluding hydrogens is 252 g/mol. The Labute approximate surface area is 107 Å². The highest BCUT2D eigenvalue weighted by Crippen LogP contribution is 2.16. The molecule has 0 aliphatic rings. The zero-order valence-electron chi connectivity index (χ0n) is 9.76. The van der Waals surface area contributed by atoms with Crippen LogP contribution in [-0.2, 0) is 13.0 Å². The second-order valence-electron chi connectivity index (χ2n) is 3.80. The summed E-state index contributed by atoms with van der Waals surface area (Å²) in [7, 11) is 0. The van der Waals surface area contributed by atoms with Crippen molar-refractivity contribution in [1.82, 2.24) is 14.8 Å². The van der Waals surface area contributed by atoms with Gasteiger partial charge in [-0.25, -0.2) is 4.79 Å². The van der Waals surface area contributed by atoms with Crippen molar-refractivity contribution >= 4 is 11.7 Å². The average Bonchev–Trinajstić information content (AvgIpc) is 2.82. The number of aryl methyl sites for hydroxylation is 2. The third-order valence-corrected chi connectivity index (χ3v) is 2.49. The number of carboxylic acid groups (broad SMARTS) is 1.